The quantitative estimate of drug-likeness (QED) is 0.841. The predicted octanol–water partition coefficient (Wildman–Crippen LogP) is 1.87. The number of hydrogen-bond donors (Lipinski definition) is 1. The average molecular weight is 231 g/mol. The second kappa shape index (κ2) is 6.02. The smallest absolute Gasteiger partial charge is 0.387 e. The molecular weight excluding hydrogens is 220 g/mol. The third-order valence-electron chi connectivity index (χ3n) is 1.64. The first-order valence-corrected chi connectivity index (χ1v) is 4.45. The number of nitrogens with one attached hydrogen (secondary N) is 1. The van der Waals surface area contributed by atoms with E-state index in [2.05, 4.69) is 14.8 Å². The van der Waals surface area contributed by atoms with Gasteiger partial charge < -0.3 is 14.8 Å². The molecule has 6 heteroatoms. The SMILES string of the molecule is COCC(=O)Nc1ccc(OC(F)F)cc1. The van der Waals surface area contributed by atoms with Gasteiger partial charge in [-0.3, -0.25) is 4.79 Å². The predicted molar refractivity (Wildman–Crippen MR) is 53.6 cm³/mol. The van der Waals surface area contributed by atoms with Crippen LogP contribution in [0.2, 0.25) is 0 Å². The Morgan fingerprint density at radius 1 is 1.38 bits per heavy atom. The highest BCUT2D eigenvalue weighted by Gasteiger charge is 2.05. The maximum absolute atomic E-state index is 11.8. The fraction of sp³-hybridized carbons (Fsp3) is 0.300. The summed E-state index contributed by atoms with van der Waals surface area (Å²) in [7, 11) is 1.40. The van der Waals surface area contributed by atoms with Gasteiger partial charge in [0.2, 0.25) is 5.91 Å². The molecule has 0 heterocycles. The number of carbonyl (C=O) groups excluding carboxylic acids is 1. The normalized spacial score (nSPS) is 10.2. The van der Waals surface area contributed by atoms with Crippen LogP contribution < -0.4 is 10.1 Å². The van der Waals surface area contributed by atoms with E-state index in [1.807, 2.05) is 0 Å². The second-order valence-corrected chi connectivity index (χ2v) is 2.88. The van der Waals surface area contributed by atoms with Gasteiger partial charge in [-0.1, -0.05) is 0 Å². The number of amides is 1. The van der Waals surface area contributed by atoms with Crippen molar-refractivity contribution in [2.24, 2.45) is 0 Å². The van der Waals surface area contributed by atoms with Crippen molar-refractivity contribution in [2.45, 2.75) is 6.61 Å². The lowest BCUT2D eigenvalue weighted by Crippen LogP contribution is -2.16. The van der Waals surface area contributed by atoms with Crippen LogP contribution >= 0.6 is 0 Å². The van der Waals surface area contributed by atoms with E-state index in [9.17, 15) is 13.6 Å². The van der Waals surface area contributed by atoms with Crippen LogP contribution in [0.25, 0.3) is 0 Å². The Kier molecular flexibility index (Phi) is 4.65. The van der Waals surface area contributed by atoms with Crippen molar-refractivity contribution in [3.8, 4) is 5.75 Å². The Morgan fingerprint density at radius 2 is 2.00 bits per heavy atom. The molecule has 0 saturated carbocycles. The van der Waals surface area contributed by atoms with Crippen molar-refractivity contribution in [3.05, 3.63) is 24.3 Å². The summed E-state index contributed by atoms with van der Waals surface area (Å²) in [6, 6.07) is 5.61. The fourth-order valence-electron chi connectivity index (χ4n) is 1.05. The van der Waals surface area contributed by atoms with E-state index in [0.29, 0.717) is 5.69 Å². The van der Waals surface area contributed by atoms with Crippen LogP contribution in [0.4, 0.5) is 14.5 Å². The van der Waals surface area contributed by atoms with E-state index >= 15 is 0 Å². The number of methoxy groups -OCH3 is 1. The van der Waals surface area contributed by atoms with Gasteiger partial charge in [-0.2, -0.15) is 8.78 Å². The minimum absolute atomic E-state index is 0.0414. The minimum Gasteiger partial charge on any atom is -0.435 e. The number of rotatable bonds is 5. The Labute approximate surface area is 91.2 Å². The molecule has 0 saturated heterocycles. The first-order chi connectivity index (χ1) is 7.61. The van der Waals surface area contributed by atoms with Crippen LogP contribution in [-0.2, 0) is 9.53 Å². The Balaban J connectivity index is 2.54. The molecule has 0 radical (unpaired) electrons. The van der Waals surface area contributed by atoms with Gasteiger partial charge in [0.15, 0.2) is 0 Å². The molecule has 16 heavy (non-hydrogen) atoms. The van der Waals surface area contributed by atoms with Crippen LogP contribution in [0.3, 0.4) is 0 Å². The molecule has 1 aromatic rings. The van der Waals surface area contributed by atoms with E-state index in [4.69, 9.17) is 0 Å². The van der Waals surface area contributed by atoms with Gasteiger partial charge in [0.05, 0.1) is 0 Å². The summed E-state index contributed by atoms with van der Waals surface area (Å²) >= 11 is 0. The molecule has 0 aliphatic carbocycles. The fourth-order valence-corrected chi connectivity index (χ4v) is 1.05. The lowest BCUT2D eigenvalue weighted by Gasteiger charge is -2.06. The number of benzene rings is 1. The van der Waals surface area contributed by atoms with Crippen molar-refractivity contribution >= 4 is 11.6 Å². The Morgan fingerprint density at radius 3 is 2.50 bits per heavy atom. The molecule has 0 spiro atoms. The molecule has 4 nitrogen and oxygen atoms in total. The zero-order chi connectivity index (χ0) is 12.0. The van der Waals surface area contributed by atoms with Gasteiger partial charge in [0.1, 0.15) is 12.4 Å². The van der Waals surface area contributed by atoms with E-state index in [0.717, 1.165) is 0 Å². The highest BCUT2D eigenvalue weighted by Crippen LogP contribution is 2.17. The zero-order valence-corrected chi connectivity index (χ0v) is 8.57. The highest BCUT2D eigenvalue weighted by molar-refractivity contribution is 5.91. The number of ether oxygens (including phenoxy) is 2. The number of anilines is 1. The van der Waals surface area contributed by atoms with Crippen LogP contribution in [0.5, 0.6) is 5.75 Å². The monoisotopic (exact) mass is 231 g/mol. The van der Waals surface area contributed by atoms with E-state index in [1.54, 1.807) is 0 Å². The van der Waals surface area contributed by atoms with Crippen LogP contribution in [0, 0.1) is 0 Å². The number of alkyl halides is 2. The van der Waals surface area contributed by atoms with Crippen molar-refractivity contribution in [2.75, 3.05) is 19.0 Å². The summed E-state index contributed by atoms with van der Waals surface area (Å²) in [4.78, 5) is 11.1. The third-order valence-corrected chi connectivity index (χ3v) is 1.64. The highest BCUT2D eigenvalue weighted by atomic mass is 19.3. The van der Waals surface area contributed by atoms with E-state index in [1.165, 1.54) is 31.4 Å². The number of hydrogen-bond acceptors (Lipinski definition) is 3. The standard InChI is InChI=1S/C10H11F2NO3/c1-15-6-9(14)13-7-2-4-8(5-3-7)16-10(11)12/h2-5,10H,6H2,1H3,(H,13,14). The van der Waals surface area contributed by atoms with Crippen molar-refractivity contribution in [1.82, 2.24) is 0 Å². The van der Waals surface area contributed by atoms with Crippen molar-refractivity contribution < 1.29 is 23.0 Å². The van der Waals surface area contributed by atoms with Gasteiger partial charge in [0.25, 0.3) is 0 Å². The summed E-state index contributed by atoms with van der Waals surface area (Å²) in [5, 5.41) is 2.52. The first kappa shape index (κ1) is 12.4. The topological polar surface area (TPSA) is 47.6 Å². The summed E-state index contributed by atoms with van der Waals surface area (Å²) in [5.74, 6) is -0.273. The van der Waals surface area contributed by atoms with Crippen molar-refractivity contribution in [1.29, 1.82) is 0 Å². The Bertz CT molecular complexity index is 340. The molecule has 88 valence electrons. The molecule has 0 fully saturated rings. The van der Waals surface area contributed by atoms with Crippen LogP contribution in [0.1, 0.15) is 0 Å². The first-order valence-electron chi connectivity index (χ1n) is 4.45. The van der Waals surface area contributed by atoms with E-state index in [-0.39, 0.29) is 18.3 Å². The molecule has 0 aliphatic rings. The third kappa shape index (κ3) is 4.22. The molecule has 1 amide bonds. The molecule has 0 unspecified atom stereocenters. The van der Waals surface area contributed by atoms with Gasteiger partial charge >= 0.3 is 6.61 Å². The molecule has 0 bridgehead atoms. The largest absolute Gasteiger partial charge is 0.435 e. The zero-order valence-electron chi connectivity index (χ0n) is 8.57. The molecule has 0 aliphatic heterocycles. The molecular formula is C10H11F2NO3. The minimum atomic E-state index is -2.85. The van der Waals surface area contributed by atoms with Crippen LogP contribution in [0.15, 0.2) is 24.3 Å². The lowest BCUT2D eigenvalue weighted by atomic mass is 10.3. The number of halogens is 2. The summed E-state index contributed by atoms with van der Waals surface area (Å²) < 4.78 is 32.4. The summed E-state index contributed by atoms with van der Waals surface area (Å²) in [6.45, 7) is -2.91. The summed E-state index contributed by atoms with van der Waals surface area (Å²) in [6.07, 6.45) is 0. The van der Waals surface area contributed by atoms with Gasteiger partial charge in [0, 0.05) is 12.8 Å². The van der Waals surface area contributed by atoms with Crippen molar-refractivity contribution in [3.63, 3.8) is 0 Å². The van der Waals surface area contributed by atoms with Gasteiger partial charge in [-0.05, 0) is 24.3 Å². The molecule has 1 rings (SSSR count). The maximum atomic E-state index is 11.8. The summed E-state index contributed by atoms with van der Waals surface area (Å²) in [5.41, 5.74) is 0.490. The lowest BCUT2D eigenvalue weighted by molar-refractivity contribution is -0.119. The molecule has 1 aromatic carbocycles. The Hall–Kier alpha value is -1.69. The second-order valence-electron chi connectivity index (χ2n) is 2.88. The average Bonchev–Trinajstić information content (AvgIpc) is 2.20. The van der Waals surface area contributed by atoms with Gasteiger partial charge in [-0.15, -0.1) is 0 Å². The van der Waals surface area contributed by atoms with Gasteiger partial charge in [-0.25, -0.2) is 0 Å². The number of carbonyl (C=O) groups is 1. The maximum Gasteiger partial charge on any atom is 0.387 e. The molecule has 0 atom stereocenters. The van der Waals surface area contributed by atoms with Crippen LogP contribution in [-0.4, -0.2) is 26.2 Å². The molecule has 1 N–H and O–H groups in total. The van der Waals surface area contributed by atoms with E-state index < -0.39 is 6.61 Å². The molecule has 0 aromatic heterocycles.